The largest absolute Gasteiger partial charge is 0.476 e. The van der Waals surface area contributed by atoms with Gasteiger partial charge in [0.05, 0.1) is 10.7 Å². The van der Waals surface area contributed by atoms with Crippen LogP contribution in [0.4, 0.5) is 15.9 Å². The number of aromatic carboxylic acids is 1. The standard InChI is InChI=1S/C12H7ClFIN2O2/c13-7-2-4-10(17-11(7)12(18)19)16-9-3-1-6(14)5-8(9)15/h1-5H,(H,16,17)(H,18,19). The number of carbonyl (C=O) groups is 1. The van der Waals surface area contributed by atoms with Crippen molar-refractivity contribution in [1.82, 2.24) is 4.98 Å². The van der Waals surface area contributed by atoms with E-state index in [1.54, 1.807) is 12.1 Å². The highest BCUT2D eigenvalue weighted by molar-refractivity contribution is 14.1. The Morgan fingerprint density at radius 2 is 2.11 bits per heavy atom. The van der Waals surface area contributed by atoms with E-state index < -0.39 is 5.97 Å². The third-order valence-electron chi connectivity index (χ3n) is 2.24. The predicted molar refractivity (Wildman–Crippen MR) is 78.6 cm³/mol. The summed E-state index contributed by atoms with van der Waals surface area (Å²) in [7, 11) is 0. The predicted octanol–water partition coefficient (Wildman–Crippen LogP) is 3.92. The van der Waals surface area contributed by atoms with Gasteiger partial charge in [0.2, 0.25) is 0 Å². The zero-order chi connectivity index (χ0) is 14.0. The van der Waals surface area contributed by atoms with Gasteiger partial charge in [-0.15, -0.1) is 0 Å². The second-order valence-corrected chi connectivity index (χ2v) is 5.15. The molecule has 1 aromatic carbocycles. The Balaban J connectivity index is 2.33. The van der Waals surface area contributed by atoms with E-state index in [0.29, 0.717) is 15.1 Å². The van der Waals surface area contributed by atoms with Gasteiger partial charge in [0, 0.05) is 3.57 Å². The second kappa shape index (κ2) is 5.70. The van der Waals surface area contributed by atoms with Gasteiger partial charge in [-0.3, -0.25) is 0 Å². The molecule has 0 aliphatic heterocycles. The maximum absolute atomic E-state index is 13.0. The lowest BCUT2D eigenvalue weighted by molar-refractivity contribution is 0.0691. The Kier molecular flexibility index (Phi) is 4.20. The molecule has 0 saturated carbocycles. The number of carboxylic acid groups (broad SMARTS) is 1. The van der Waals surface area contributed by atoms with Crippen LogP contribution in [0.5, 0.6) is 0 Å². The van der Waals surface area contributed by atoms with E-state index >= 15 is 0 Å². The minimum Gasteiger partial charge on any atom is -0.476 e. The van der Waals surface area contributed by atoms with E-state index in [2.05, 4.69) is 10.3 Å². The molecule has 0 amide bonds. The van der Waals surface area contributed by atoms with E-state index in [1.165, 1.54) is 18.2 Å². The van der Waals surface area contributed by atoms with Crippen molar-refractivity contribution in [3.63, 3.8) is 0 Å². The molecule has 4 nitrogen and oxygen atoms in total. The van der Waals surface area contributed by atoms with Gasteiger partial charge in [0.25, 0.3) is 0 Å². The van der Waals surface area contributed by atoms with Gasteiger partial charge >= 0.3 is 5.97 Å². The molecule has 7 heteroatoms. The number of nitrogens with zero attached hydrogens (tertiary/aromatic N) is 1. The summed E-state index contributed by atoms with van der Waals surface area (Å²) in [6.45, 7) is 0. The van der Waals surface area contributed by atoms with Crippen molar-refractivity contribution in [1.29, 1.82) is 0 Å². The van der Waals surface area contributed by atoms with E-state index in [1.807, 2.05) is 22.6 Å². The number of hydrogen-bond acceptors (Lipinski definition) is 3. The first-order valence-corrected chi connectivity index (χ1v) is 6.55. The summed E-state index contributed by atoms with van der Waals surface area (Å²) in [6.07, 6.45) is 0. The number of rotatable bonds is 3. The number of halogens is 3. The number of pyridine rings is 1. The average molecular weight is 393 g/mol. The van der Waals surface area contributed by atoms with Crippen molar-refractivity contribution >= 4 is 51.7 Å². The van der Waals surface area contributed by atoms with Crippen LogP contribution in [0.2, 0.25) is 5.02 Å². The fourth-order valence-electron chi connectivity index (χ4n) is 1.39. The second-order valence-electron chi connectivity index (χ2n) is 3.58. The fourth-order valence-corrected chi connectivity index (χ4v) is 2.19. The molecule has 1 aromatic heterocycles. The molecule has 0 bridgehead atoms. The van der Waals surface area contributed by atoms with E-state index in [9.17, 15) is 9.18 Å². The zero-order valence-corrected chi connectivity index (χ0v) is 12.2. The third-order valence-corrected chi connectivity index (χ3v) is 3.44. The molecule has 2 rings (SSSR count). The summed E-state index contributed by atoms with van der Waals surface area (Å²) >= 11 is 7.69. The summed E-state index contributed by atoms with van der Waals surface area (Å²) in [5.74, 6) is -1.22. The molecule has 98 valence electrons. The molecule has 0 atom stereocenters. The van der Waals surface area contributed by atoms with Crippen LogP contribution >= 0.6 is 34.2 Å². The SMILES string of the molecule is O=C(O)c1nc(Nc2ccc(F)cc2I)ccc1Cl. The first kappa shape index (κ1) is 14.0. The summed E-state index contributed by atoms with van der Waals surface area (Å²) in [4.78, 5) is 14.8. The van der Waals surface area contributed by atoms with Crippen LogP contribution in [-0.2, 0) is 0 Å². The molecular weight excluding hydrogens is 385 g/mol. The van der Waals surface area contributed by atoms with Gasteiger partial charge in [-0.1, -0.05) is 11.6 Å². The van der Waals surface area contributed by atoms with Crippen LogP contribution in [0.15, 0.2) is 30.3 Å². The lowest BCUT2D eigenvalue weighted by Gasteiger charge is -2.09. The minimum atomic E-state index is -1.21. The van der Waals surface area contributed by atoms with Crippen molar-refractivity contribution < 1.29 is 14.3 Å². The Morgan fingerprint density at radius 3 is 2.74 bits per heavy atom. The highest BCUT2D eigenvalue weighted by atomic mass is 127. The van der Waals surface area contributed by atoms with Gasteiger partial charge in [0.1, 0.15) is 11.6 Å². The quantitative estimate of drug-likeness (QED) is 0.777. The summed E-state index contributed by atoms with van der Waals surface area (Å²) < 4.78 is 13.6. The minimum absolute atomic E-state index is 0.0619. The monoisotopic (exact) mass is 392 g/mol. The van der Waals surface area contributed by atoms with Gasteiger partial charge in [-0.25, -0.2) is 14.2 Å². The maximum atomic E-state index is 13.0. The Morgan fingerprint density at radius 1 is 1.37 bits per heavy atom. The van der Waals surface area contributed by atoms with Crippen molar-refractivity contribution in [2.45, 2.75) is 0 Å². The molecule has 0 saturated heterocycles. The van der Waals surface area contributed by atoms with E-state index in [0.717, 1.165) is 0 Å². The van der Waals surface area contributed by atoms with Crippen molar-refractivity contribution in [2.75, 3.05) is 5.32 Å². The summed E-state index contributed by atoms with van der Waals surface area (Å²) in [5, 5.41) is 11.9. The maximum Gasteiger partial charge on any atom is 0.356 e. The Bertz CT molecular complexity index is 652. The van der Waals surface area contributed by atoms with Crippen LogP contribution in [0.25, 0.3) is 0 Å². The molecule has 0 radical (unpaired) electrons. The molecule has 2 N–H and O–H groups in total. The van der Waals surface area contributed by atoms with Crippen molar-refractivity contribution in [3.05, 3.63) is 50.4 Å². The fraction of sp³-hybridized carbons (Fsp3) is 0. The van der Waals surface area contributed by atoms with Crippen LogP contribution in [0.3, 0.4) is 0 Å². The van der Waals surface area contributed by atoms with Crippen LogP contribution in [-0.4, -0.2) is 16.1 Å². The number of carboxylic acids is 1. The normalized spacial score (nSPS) is 10.3. The molecule has 0 fully saturated rings. The van der Waals surface area contributed by atoms with E-state index in [4.69, 9.17) is 16.7 Å². The van der Waals surface area contributed by atoms with Gasteiger partial charge in [-0.05, 0) is 52.9 Å². The number of benzene rings is 1. The number of nitrogens with one attached hydrogen (secondary N) is 1. The molecule has 19 heavy (non-hydrogen) atoms. The first-order chi connectivity index (χ1) is 8.97. The first-order valence-electron chi connectivity index (χ1n) is 5.09. The average Bonchev–Trinajstić information content (AvgIpc) is 2.34. The van der Waals surface area contributed by atoms with Crippen molar-refractivity contribution in [2.24, 2.45) is 0 Å². The summed E-state index contributed by atoms with van der Waals surface area (Å²) in [5.41, 5.74) is 0.400. The zero-order valence-electron chi connectivity index (χ0n) is 9.32. The number of aromatic nitrogens is 1. The van der Waals surface area contributed by atoms with Crippen molar-refractivity contribution in [3.8, 4) is 0 Å². The van der Waals surface area contributed by atoms with Gasteiger partial charge < -0.3 is 10.4 Å². The number of anilines is 2. The van der Waals surface area contributed by atoms with Gasteiger partial charge in [-0.2, -0.15) is 0 Å². The summed E-state index contributed by atoms with van der Waals surface area (Å²) in [6, 6.07) is 7.20. The molecule has 1 heterocycles. The highest BCUT2D eigenvalue weighted by Gasteiger charge is 2.12. The lowest BCUT2D eigenvalue weighted by Crippen LogP contribution is -2.04. The van der Waals surface area contributed by atoms with Gasteiger partial charge in [0.15, 0.2) is 5.69 Å². The van der Waals surface area contributed by atoms with Crippen LogP contribution in [0.1, 0.15) is 10.5 Å². The molecule has 0 unspecified atom stereocenters. The van der Waals surface area contributed by atoms with Crippen LogP contribution in [0, 0.1) is 9.39 Å². The Hall–Kier alpha value is -1.41. The molecule has 0 spiro atoms. The number of hydrogen-bond donors (Lipinski definition) is 2. The molecule has 0 aliphatic rings. The molecule has 0 aliphatic carbocycles. The molecular formula is C12H7ClFIN2O2. The van der Waals surface area contributed by atoms with Crippen LogP contribution < -0.4 is 5.32 Å². The topological polar surface area (TPSA) is 62.2 Å². The Labute approximate surface area is 126 Å². The lowest BCUT2D eigenvalue weighted by atomic mass is 10.3. The third kappa shape index (κ3) is 3.32. The molecule has 2 aromatic rings. The van der Waals surface area contributed by atoms with E-state index in [-0.39, 0.29) is 16.5 Å². The smallest absolute Gasteiger partial charge is 0.356 e. The highest BCUT2D eigenvalue weighted by Crippen LogP contribution is 2.24.